The third kappa shape index (κ3) is 5.04. The van der Waals surface area contributed by atoms with Crippen molar-refractivity contribution >= 4 is 34.0 Å². The van der Waals surface area contributed by atoms with Gasteiger partial charge in [-0.25, -0.2) is 29.1 Å². The number of anilines is 1. The van der Waals surface area contributed by atoms with Gasteiger partial charge < -0.3 is 9.72 Å². The van der Waals surface area contributed by atoms with Gasteiger partial charge in [0.1, 0.15) is 24.2 Å². The Hall–Kier alpha value is -4.62. The lowest BCUT2D eigenvalue weighted by molar-refractivity contribution is -0.362. The molecular weight excluding hydrogens is 550 g/mol. The number of hydrogen-bond donors (Lipinski definition) is 1. The van der Waals surface area contributed by atoms with Crippen LogP contribution < -0.4 is 21.1 Å². The highest BCUT2D eigenvalue weighted by Crippen LogP contribution is 2.32. The Kier molecular flexibility index (Phi) is 7.11. The Morgan fingerprint density at radius 1 is 1.12 bits per heavy atom. The molecule has 0 bridgehead atoms. The van der Waals surface area contributed by atoms with Gasteiger partial charge in [0.05, 0.1) is 36.0 Å². The molecule has 13 nitrogen and oxygen atoms in total. The zero-order chi connectivity index (χ0) is 29.5. The predicted molar refractivity (Wildman–Crippen MR) is 160 cm³/mol. The molecule has 43 heavy (non-hydrogen) atoms. The number of para-hydroxylation sites is 2. The van der Waals surface area contributed by atoms with Crippen LogP contribution in [0.15, 0.2) is 58.5 Å². The van der Waals surface area contributed by atoms with E-state index in [0.717, 1.165) is 43.4 Å². The third-order valence-corrected chi connectivity index (χ3v) is 8.16. The Labute approximate surface area is 246 Å². The molecular formula is C30H34N9O4+. The Morgan fingerprint density at radius 2 is 1.93 bits per heavy atom. The van der Waals surface area contributed by atoms with Crippen molar-refractivity contribution in [3.63, 3.8) is 0 Å². The van der Waals surface area contributed by atoms with Crippen molar-refractivity contribution in [3.8, 4) is 11.4 Å². The number of aryl methyl sites for hydroxylation is 1. The van der Waals surface area contributed by atoms with Crippen molar-refractivity contribution in [1.82, 2.24) is 33.6 Å². The molecule has 1 aliphatic carbocycles. The van der Waals surface area contributed by atoms with Crippen LogP contribution in [0.1, 0.15) is 32.2 Å². The number of aromatic nitrogens is 7. The highest BCUT2D eigenvalue weighted by atomic mass is 16.5. The molecule has 0 radical (unpaired) electrons. The summed E-state index contributed by atoms with van der Waals surface area (Å²) in [4.78, 5) is 59.9. The molecule has 4 aromatic heterocycles. The molecule has 2 fully saturated rings. The van der Waals surface area contributed by atoms with E-state index in [1.54, 1.807) is 26.6 Å². The molecule has 5 aromatic rings. The lowest BCUT2D eigenvalue weighted by Gasteiger charge is -2.27. The topological polar surface area (TPSA) is 137 Å². The lowest BCUT2D eigenvalue weighted by Crippen LogP contribution is -2.45. The number of benzene rings is 1. The van der Waals surface area contributed by atoms with Crippen molar-refractivity contribution in [2.45, 2.75) is 38.8 Å². The first-order valence-corrected chi connectivity index (χ1v) is 14.8. The summed E-state index contributed by atoms with van der Waals surface area (Å²) in [5.41, 5.74) is 2.23. The molecule has 0 unspecified atom stereocenters. The molecule has 2 N–H and O–H groups in total. The van der Waals surface area contributed by atoms with Crippen molar-refractivity contribution in [3.05, 3.63) is 69.8 Å². The standard InChI is InChI=1S/C30H33N9O4/c1-2-11-37-27-25(28(40)39(30(37)42)21-8-9-21)33-26(34-27)20-7-10-24(31-18-20)36(13-12-35-14-16-43-17-15-35)29(41)38-19-32-22-5-3-4-6-23(22)38/h3-7,10,18-19,21H,2,8-9,11-17H2,1H3,(H,33,34)/p+1. The van der Waals surface area contributed by atoms with Crippen LogP contribution in [-0.4, -0.2) is 79.0 Å². The fourth-order valence-electron chi connectivity index (χ4n) is 5.71. The summed E-state index contributed by atoms with van der Waals surface area (Å²) in [6.07, 6.45) is 5.72. The first kappa shape index (κ1) is 27.2. The summed E-state index contributed by atoms with van der Waals surface area (Å²) in [7, 11) is 0. The number of rotatable bonds is 8. The highest BCUT2D eigenvalue weighted by Gasteiger charge is 2.31. The van der Waals surface area contributed by atoms with Gasteiger partial charge in [0.25, 0.3) is 11.4 Å². The number of aromatic amines is 2. The van der Waals surface area contributed by atoms with Gasteiger partial charge in [-0.05, 0) is 37.5 Å². The summed E-state index contributed by atoms with van der Waals surface area (Å²) in [6, 6.07) is 11.0. The highest BCUT2D eigenvalue weighted by molar-refractivity contribution is 5.98. The molecule has 0 spiro atoms. The second kappa shape index (κ2) is 11.2. The number of pyridine rings is 1. The van der Waals surface area contributed by atoms with Gasteiger partial charge in [0, 0.05) is 38.3 Å². The minimum Gasteiger partial charge on any atom is -0.379 e. The zero-order valence-electron chi connectivity index (χ0n) is 24.0. The van der Waals surface area contributed by atoms with Gasteiger partial charge in [-0.15, -0.1) is 0 Å². The molecule has 0 atom stereocenters. The van der Waals surface area contributed by atoms with Crippen molar-refractivity contribution < 1.29 is 14.5 Å². The summed E-state index contributed by atoms with van der Waals surface area (Å²) in [5, 5.41) is 0. The van der Waals surface area contributed by atoms with Gasteiger partial charge in [0.15, 0.2) is 5.65 Å². The maximum Gasteiger partial charge on any atom is 0.421 e. The molecule has 1 saturated heterocycles. The maximum absolute atomic E-state index is 13.9. The minimum atomic E-state index is -0.332. The maximum atomic E-state index is 13.9. The number of morpholine rings is 1. The first-order chi connectivity index (χ1) is 21.0. The molecule has 13 heteroatoms. The van der Waals surface area contributed by atoms with Crippen LogP contribution in [-0.2, 0) is 11.3 Å². The Bertz CT molecular complexity index is 1910. The number of ether oxygens (including phenoxy) is 1. The van der Waals surface area contributed by atoms with Crippen molar-refractivity contribution in [1.29, 1.82) is 0 Å². The smallest absolute Gasteiger partial charge is 0.379 e. The van der Waals surface area contributed by atoms with Gasteiger partial charge >= 0.3 is 11.7 Å². The van der Waals surface area contributed by atoms with Crippen molar-refractivity contribution in [2.24, 2.45) is 0 Å². The molecule has 5 heterocycles. The summed E-state index contributed by atoms with van der Waals surface area (Å²) < 4.78 is 10.0. The van der Waals surface area contributed by atoms with E-state index in [1.807, 2.05) is 43.3 Å². The molecule has 7 rings (SSSR count). The Balaban J connectivity index is 1.23. The summed E-state index contributed by atoms with van der Waals surface area (Å²) >= 11 is 0. The lowest BCUT2D eigenvalue weighted by atomic mass is 10.2. The largest absolute Gasteiger partial charge is 0.421 e. The van der Waals surface area contributed by atoms with Gasteiger partial charge in [-0.1, -0.05) is 19.1 Å². The van der Waals surface area contributed by atoms with E-state index in [1.165, 1.54) is 4.57 Å². The molecule has 2 aliphatic rings. The summed E-state index contributed by atoms with van der Waals surface area (Å²) in [6.45, 7) is 6.59. The first-order valence-electron chi connectivity index (χ1n) is 14.8. The molecule has 222 valence electrons. The zero-order valence-corrected chi connectivity index (χ0v) is 24.0. The fourth-order valence-corrected chi connectivity index (χ4v) is 5.71. The van der Waals surface area contributed by atoms with Crippen molar-refractivity contribution in [2.75, 3.05) is 44.3 Å². The van der Waals surface area contributed by atoms with E-state index in [4.69, 9.17) is 4.74 Å². The monoisotopic (exact) mass is 584 g/mol. The number of carbonyl (C=O) groups excluding carboxylic acids is 1. The number of nitrogens with one attached hydrogen (secondary N) is 2. The van der Waals surface area contributed by atoms with Crippen LogP contribution in [0.5, 0.6) is 0 Å². The number of carbonyl (C=O) groups is 1. The van der Waals surface area contributed by atoms with Crippen LogP contribution in [0.3, 0.4) is 0 Å². The minimum absolute atomic E-state index is 0.0412. The number of hydrogen-bond acceptors (Lipinski definition) is 7. The van der Waals surface area contributed by atoms with E-state index in [-0.39, 0.29) is 23.3 Å². The van der Waals surface area contributed by atoms with Crippen LogP contribution in [0, 0.1) is 0 Å². The van der Waals surface area contributed by atoms with E-state index in [2.05, 4.69) is 24.8 Å². The number of H-pyrrole nitrogens is 2. The number of amides is 1. The second-order valence-corrected chi connectivity index (χ2v) is 11.1. The van der Waals surface area contributed by atoms with E-state index in [0.29, 0.717) is 61.2 Å². The predicted octanol–water partition coefficient (Wildman–Crippen LogP) is 2.27. The van der Waals surface area contributed by atoms with Crippen LogP contribution in [0.25, 0.3) is 33.6 Å². The van der Waals surface area contributed by atoms with E-state index in [9.17, 15) is 14.4 Å². The molecule has 1 amide bonds. The molecule has 1 aliphatic heterocycles. The fraction of sp³-hybridized carbons (Fsp3) is 0.400. The number of fused-ring (bicyclic) bond motifs is 2. The number of nitrogens with zero attached hydrogens (tertiary/aromatic N) is 7. The Morgan fingerprint density at radius 3 is 2.67 bits per heavy atom. The van der Waals surface area contributed by atoms with Gasteiger partial charge in [-0.2, -0.15) is 4.90 Å². The normalized spacial score (nSPS) is 15.8. The van der Waals surface area contributed by atoms with Crippen LogP contribution in [0.2, 0.25) is 0 Å². The van der Waals surface area contributed by atoms with Gasteiger partial charge in [0.2, 0.25) is 0 Å². The SMILES string of the molecule is CCCn1c(=O)n(C2CC2)c(=O)c2[nH]c(-c3ccc(N(CCN4CCOCC4)C(=O)n4cnc5ccccc54)[nH+]c3)nc21. The van der Waals surface area contributed by atoms with Crippen LogP contribution in [0.4, 0.5) is 10.6 Å². The third-order valence-electron chi connectivity index (χ3n) is 8.16. The van der Waals surface area contributed by atoms with Gasteiger partial charge in [-0.3, -0.25) is 18.8 Å². The number of imidazole rings is 2. The average molecular weight is 585 g/mol. The molecule has 1 saturated carbocycles. The molecule has 1 aromatic carbocycles. The second-order valence-electron chi connectivity index (χ2n) is 11.1. The van der Waals surface area contributed by atoms with E-state index >= 15 is 0 Å². The average Bonchev–Trinajstić information content (AvgIpc) is 3.61. The van der Waals surface area contributed by atoms with Crippen LogP contribution >= 0.6 is 0 Å². The summed E-state index contributed by atoms with van der Waals surface area (Å²) in [5.74, 6) is 1.08. The quantitative estimate of drug-likeness (QED) is 0.295. The van der Waals surface area contributed by atoms with E-state index < -0.39 is 0 Å².